The number of para-hydroxylation sites is 2. The molecule has 0 radical (unpaired) electrons. The maximum Gasteiger partial charge on any atom is 0.262 e. The van der Waals surface area contributed by atoms with Crippen molar-refractivity contribution in [1.29, 1.82) is 0 Å². The van der Waals surface area contributed by atoms with Gasteiger partial charge >= 0.3 is 0 Å². The molecule has 0 atom stereocenters. The smallest absolute Gasteiger partial charge is 0.262 e. The van der Waals surface area contributed by atoms with Gasteiger partial charge in [0.2, 0.25) is 5.95 Å². The lowest BCUT2D eigenvalue weighted by Gasteiger charge is -2.24. The minimum Gasteiger partial charge on any atom is -0.497 e. The second kappa shape index (κ2) is 6.41. The van der Waals surface area contributed by atoms with Crippen molar-refractivity contribution >= 4 is 33.9 Å². The summed E-state index contributed by atoms with van der Waals surface area (Å²) in [5.74, 6) is 1.48. The first-order valence-corrected chi connectivity index (χ1v) is 9.16. The highest BCUT2D eigenvalue weighted by molar-refractivity contribution is 6.13. The Balaban J connectivity index is 1.82. The lowest BCUT2D eigenvalue weighted by Crippen LogP contribution is -2.26. The molecule has 28 heavy (non-hydrogen) atoms. The number of methoxy groups -OCH3 is 1. The van der Waals surface area contributed by atoms with E-state index in [1.807, 2.05) is 47.0 Å². The number of carbonyl (C=O) groups is 1. The Hall–Kier alpha value is -3.28. The quantitative estimate of drug-likeness (QED) is 0.539. The van der Waals surface area contributed by atoms with Crippen molar-refractivity contribution in [3.05, 3.63) is 53.8 Å². The van der Waals surface area contributed by atoms with Gasteiger partial charge in [-0.25, -0.2) is 4.98 Å². The highest BCUT2D eigenvalue weighted by atomic mass is 16.5. The number of imidazole rings is 1. The molecule has 2 aromatic carbocycles. The summed E-state index contributed by atoms with van der Waals surface area (Å²) in [5, 5.41) is 3.71. The molecule has 0 aliphatic heterocycles. The average molecular weight is 377 g/mol. The van der Waals surface area contributed by atoms with Crippen LogP contribution in [0.5, 0.6) is 5.75 Å². The van der Waals surface area contributed by atoms with Crippen LogP contribution in [0.25, 0.3) is 22.0 Å². The lowest BCUT2D eigenvalue weighted by atomic mass is 10.1. The molecule has 2 heterocycles. The number of hydrogen-bond donors (Lipinski definition) is 1. The van der Waals surface area contributed by atoms with Gasteiger partial charge in [0.1, 0.15) is 17.1 Å². The van der Waals surface area contributed by atoms with Crippen molar-refractivity contribution in [3.63, 3.8) is 0 Å². The summed E-state index contributed by atoms with van der Waals surface area (Å²) in [4.78, 5) is 17.8. The first-order valence-electron chi connectivity index (χ1n) is 9.16. The number of amides is 1. The van der Waals surface area contributed by atoms with Gasteiger partial charge in [0.25, 0.3) is 5.91 Å². The molecule has 0 aliphatic carbocycles. The van der Waals surface area contributed by atoms with Crippen LogP contribution in [0.1, 0.15) is 36.9 Å². The van der Waals surface area contributed by atoms with Crippen molar-refractivity contribution in [3.8, 4) is 5.75 Å². The van der Waals surface area contributed by atoms with E-state index >= 15 is 0 Å². The molecule has 0 bridgehead atoms. The third kappa shape index (κ3) is 2.91. The number of aromatic nitrogens is 2. The van der Waals surface area contributed by atoms with Crippen LogP contribution >= 0.6 is 0 Å². The maximum atomic E-state index is 13.2. The van der Waals surface area contributed by atoms with E-state index in [0.717, 1.165) is 11.0 Å². The summed E-state index contributed by atoms with van der Waals surface area (Å²) in [6, 6.07) is 13.3. The number of nitrogens with zero attached hydrogens (tertiary/aromatic N) is 2. The van der Waals surface area contributed by atoms with Gasteiger partial charge in [0.15, 0.2) is 0 Å². The number of nitrogens with one attached hydrogen (secondary N) is 1. The van der Waals surface area contributed by atoms with Crippen molar-refractivity contribution in [2.24, 2.45) is 0 Å². The average Bonchev–Trinajstić information content (AvgIpc) is 3.16. The molecule has 0 saturated heterocycles. The van der Waals surface area contributed by atoms with Gasteiger partial charge in [-0.3, -0.25) is 10.1 Å². The fourth-order valence-corrected chi connectivity index (χ4v) is 3.56. The summed E-state index contributed by atoms with van der Waals surface area (Å²) in [5.41, 5.74) is 2.69. The van der Waals surface area contributed by atoms with Gasteiger partial charge < -0.3 is 13.7 Å². The molecule has 4 rings (SSSR count). The van der Waals surface area contributed by atoms with E-state index in [2.05, 4.69) is 31.1 Å². The van der Waals surface area contributed by atoms with E-state index in [1.54, 1.807) is 14.0 Å². The van der Waals surface area contributed by atoms with E-state index in [4.69, 9.17) is 9.15 Å². The molecule has 0 saturated carbocycles. The fraction of sp³-hybridized carbons (Fsp3) is 0.273. The first kappa shape index (κ1) is 18.1. The minimum atomic E-state index is -0.259. The lowest BCUT2D eigenvalue weighted by molar-refractivity contribution is 0.102. The van der Waals surface area contributed by atoms with Crippen molar-refractivity contribution < 1.29 is 13.9 Å². The van der Waals surface area contributed by atoms with E-state index in [1.165, 1.54) is 0 Å². The van der Waals surface area contributed by atoms with Gasteiger partial charge in [-0.15, -0.1) is 0 Å². The van der Waals surface area contributed by atoms with Gasteiger partial charge in [-0.05, 0) is 58.0 Å². The molecule has 0 fully saturated rings. The summed E-state index contributed by atoms with van der Waals surface area (Å²) >= 11 is 0. The molecule has 4 aromatic rings. The topological polar surface area (TPSA) is 69.3 Å². The Morgan fingerprint density at radius 1 is 1.18 bits per heavy atom. The molecule has 0 aliphatic rings. The van der Waals surface area contributed by atoms with Gasteiger partial charge in [-0.2, -0.15) is 0 Å². The number of anilines is 1. The number of hydrogen-bond acceptors (Lipinski definition) is 4. The van der Waals surface area contributed by atoms with Gasteiger partial charge in [-0.1, -0.05) is 12.1 Å². The monoisotopic (exact) mass is 377 g/mol. The van der Waals surface area contributed by atoms with Crippen LogP contribution < -0.4 is 10.1 Å². The van der Waals surface area contributed by atoms with Crippen LogP contribution in [-0.4, -0.2) is 22.6 Å². The number of carbonyl (C=O) groups excluding carboxylic acids is 1. The molecule has 1 amide bonds. The third-order valence-electron chi connectivity index (χ3n) is 4.76. The van der Waals surface area contributed by atoms with E-state index in [9.17, 15) is 4.79 Å². The Kier molecular flexibility index (Phi) is 4.14. The van der Waals surface area contributed by atoms with Crippen LogP contribution in [0, 0.1) is 6.92 Å². The highest BCUT2D eigenvalue weighted by Gasteiger charge is 2.25. The van der Waals surface area contributed by atoms with E-state index < -0.39 is 0 Å². The summed E-state index contributed by atoms with van der Waals surface area (Å²) in [6.07, 6.45) is 0. The Morgan fingerprint density at radius 2 is 1.93 bits per heavy atom. The number of aryl methyl sites for hydroxylation is 1. The molecule has 6 heteroatoms. The number of ether oxygens (including phenoxy) is 1. The molecule has 144 valence electrons. The Labute approximate surface area is 163 Å². The summed E-state index contributed by atoms with van der Waals surface area (Å²) < 4.78 is 13.1. The predicted octanol–water partition coefficient (Wildman–Crippen LogP) is 5.11. The minimum absolute atomic E-state index is 0.255. The maximum absolute atomic E-state index is 13.2. The number of fused-ring (bicyclic) bond motifs is 2. The summed E-state index contributed by atoms with van der Waals surface area (Å²) in [6.45, 7) is 8.04. The molecule has 2 aromatic heterocycles. The summed E-state index contributed by atoms with van der Waals surface area (Å²) in [7, 11) is 1.60. The van der Waals surface area contributed by atoms with Crippen LogP contribution in [0.3, 0.4) is 0 Å². The SMILES string of the molecule is COc1ccc2oc(C)c(C(=O)Nc3nc4ccccc4n3C(C)(C)C)c2c1. The Bertz CT molecular complexity index is 1200. The zero-order valence-corrected chi connectivity index (χ0v) is 16.7. The largest absolute Gasteiger partial charge is 0.497 e. The molecule has 1 N–H and O–H groups in total. The number of rotatable bonds is 3. The van der Waals surface area contributed by atoms with Gasteiger partial charge in [0.05, 0.1) is 23.7 Å². The molecule has 0 spiro atoms. The van der Waals surface area contributed by atoms with Crippen LogP contribution in [-0.2, 0) is 5.54 Å². The van der Waals surface area contributed by atoms with E-state index in [0.29, 0.717) is 34.0 Å². The molecular weight excluding hydrogens is 354 g/mol. The van der Waals surface area contributed by atoms with Crippen LogP contribution in [0.4, 0.5) is 5.95 Å². The molecule has 0 unspecified atom stereocenters. The third-order valence-corrected chi connectivity index (χ3v) is 4.76. The zero-order valence-electron chi connectivity index (χ0n) is 16.7. The first-order chi connectivity index (χ1) is 13.3. The van der Waals surface area contributed by atoms with Crippen molar-refractivity contribution in [1.82, 2.24) is 9.55 Å². The number of furan rings is 1. The van der Waals surface area contributed by atoms with Crippen molar-refractivity contribution in [2.45, 2.75) is 33.2 Å². The second-order valence-corrected chi connectivity index (χ2v) is 7.78. The second-order valence-electron chi connectivity index (χ2n) is 7.78. The Morgan fingerprint density at radius 3 is 2.64 bits per heavy atom. The normalized spacial score (nSPS) is 11.9. The van der Waals surface area contributed by atoms with Crippen LogP contribution in [0.2, 0.25) is 0 Å². The molecular formula is C22H23N3O3. The van der Waals surface area contributed by atoms with Crippen LogP contribution in [0.15, 0.2) is 46.9 Å². The number of benzene rings is 2. The van der Waals surface area contributed by atoms with E-state index in [-0.39, 0.29) is 11.4 Å². The standard InChI is InChI=1S/C22H23N3O3/c1-13-19(15-12-14(27-5)10-11-18(15)28-13)20(26)24-21-23-16-8-6-7-9-17(16)25(21)22(2,3)4/h6-12H,1-5H3,(H,23,24,26). The zero-order chi connectivity index (χ0) is 20.1. The fourth-order valence-electron chi connectivity index (χ4n) is 3.56. The predicted molar refractivity (Wildman–Crippen MR) is 110 cm³/mol. The van der Waals surface area contributed by atoms with Gasteiger partial charge in [0, 0.05) is 10.9 Å². The van der Waals surface area contributed by atoms with Crippen molar-refractivity contribution in [2.75, 3.05) is 12.4 Å². The highest BCUT2D eigenvalue weighted by Crippen LogP contribution is 2.31. The molecule has 6 nitrogen and oxygen atoms in total.